The Morgan fingerprint density at radius 3 is 1.73 bits per heavy atom. The summed E-state index contributed by atoms with van der Waals surface area (Å²) in [5.74, 6) is -5.54. The zero-order chi connectivity index (χ0) is 62.6. The molecule has 26 heteroatoms. The molecule has 1 aromatic heterocycles. The van der Waals surface area contributed by atoms with Crippen molar-refractivity contribution < 1.29 is 72.9 Å². The number of rotatable bonds is 13. The average molecular weight is 1230 g/mol. The molecular formula is C60H63F5N8O11S2. The number of halogens is 5. The van der Waals surface area contributed by atoms with E-state index in [0.29, 0.717) is 49.5 Å². The van der Waals surface area contributed by atoms with Gasteiger partial charge in [-0.1, -0.05) is 24.3 Å². The van der Waals surface area contributed by atoms with E-state index in [4.69, 9.17) is 26.7 Å². The first-order valence-electron chi connectivity index (χ1n) is 27.0. The van der Waals surface area contributed by atoms with Crippen molar-refractivity contribution in [2.45, 2.75) is 75.4 Å². The number of hydrogen-bond donors (Lipinski definition) is 6. The van der Waals surface area contributed by atoms with Crippen LogP contribution >= 0.6 is 0 Å². The monoisotopic (exact) mass is 1230 g/mol. The van der Waals surface area contributed by atoms with Gasteiger partial charge in [0.15, 0.2) is 0 Å². The fraction of sp³-hybridized carbons (Fsp3) is 0.317. The van der Waals surface area contributed by atoms with Gasteiger partial charge in [-0.2, -0.15) is 0 Å². The van der Waals surface area contributed by atoms with Crippen LogP contribution in [0.25, 0.3) is 11.0 Å². The number of fused-ring (bicyclic) bond motifs is 1. The molecule has 2 aliphatic carbocycles. The minimum atomic E-state index is -3.66. The summed E-state index contributed by atoms with van der Waals surface area (Å²) in [5, 5.41) is 16.9. The highest BCUT2D eigenvalue weighted by Gasteiger charge is 2.69. The number of amides is 1. The summed E-state index contributed by atoms with van der Waals surface area (Å²) in [6, 6.07) is 30.8. The van der Waals surface area contributed by atoms with E-state index in [-0.39, 0.29) is 62.1 Å². The number of carboxylic acids is 2. The van der Waals surface area contributed by atoms with Crippen LogP contribution in [0.15, 0.2) is 121 Å². The van der Waals surface area contributed by atoms with Crippen molar-refractivity contribution in [2.75, 3.05) is 60.2 Å². The molecule has 2 saturated carbocycles. The number of aryl methyl sites for hydroxylation is 1. The lowest BCUT2D eigenvalue weighted by Gasteiger charge is -2.69. The number of carbonyl (C=O) groups is 4. The third-order valence-electron chi connectivity index (χ3n) is 16.2. The Kier molecular flexibility index (Phi) is 18.8. The molecule has 3 heterocycles. The SMILES string of the molecule is COC(=O)c1ccc(N)c(F)c1.CS(=O)(=O)Nc1ccc(C(=O)O)cc1F.Cc1nc2ccccc2n1C1CC2N(CCC3(c4cccc(F)c4)CCN(C(=O)c4ccc(NS(C)(=O)=O)c(F)c4)CC3)C3CCC32C1.Nc1ccc(C(=O)O)cc1F. The second-order valence-electron chi connectivity index (χ2n) is 21.7. The quantitative estimate of drug-likeness (QED) is 0.0356. The number of methoxy groups -OCH3 is 1. The summed E-state index contributed by atoms with van der Waals surface area (Å²) in [4.78, 5) is 54.3. The highest BCUT2D eigenvalue weighted by atomic mass is 32.2. The number of aromatic nitrogens is 2. The molecule has 0 radical (unpaired) electrons. The summed E-state index contributed by atoms with van der Waals surface area (Å²) in [6.45, 7) is 3.98. The summed E-state index contributed by atoms with van der Waals surface area (Å²) in [7, 11) is -5.99. The van der Waals surface area contributed by atoms with Crippen molar-refractivity contribution in [1.82, 2.24) is 19.4 Å². The van der Waals surface area contributed by atoms with Gasteiger partial charge < -0.3 is 35.9 Å². The minimum absolute atomic E-state index is 0.0163. The number of likely N-dealkylation sites (tertiary alicyclic amines) is 2. The molecule has 4 fully saturated rings. The highest BCUT2D eigenvalue weighted by Crippen LogP contribution is 2.68. The summed E-state index contributed by atoms with van der Waals surface area (Å²) >= 11 is 0. The number of anilines is 4. The van der Waals surface area contributed by atoms with E-state index in [0.717, 1.165) is 85.2 Å². The fourth-order valence-electron chi connectivity index (χ4n) is 12.1. The topological polar surface area (TPSA) is 287 Å². The van der Waals surface area contributed by atoms with E-state index < -0.39 is 61.2 Å². The standard InChI is InChI=1S/C37H41F2N5O3S.C8H8FNO4S.C8H8FNO2.C7H6FNO2/c1-24-40-31-8-3-4-9-32(31)44(24)28-22-34-37(23-28)13-12-33(37)43(34)19-16-36(26-6-5-7-27(38)21-26)14-17-42(18-15-36)35(45)25-10-11-30(29(39)20-25)41-48(2,46)47;1-15(13,14)10-7-3-2-5(8(11)12)4-6(7)9;1-12-8(11)5-2-3-7(10)6(9)4-5;8-5-3-4(7(10)11)1-2-6(5)9/h3-11,20-21,28,33-34,41H,12-19,22-23H2,1-2H3;2-4,10H,1H3,(H,11,12);2-4H,10H2,1H3;1-3H,9H2,(H,10,11). The minimum Gasteiger partial charge on any atom is -0.478 e. The van der Waals surface area contributed by atoms with Crippen molar-refractivity contribution in [2.24, 2.45) is 5.41 Å². The largest absolute Gasteiger partial charge is 0.478 e. The Hall–Kier alpha value is -8.62. The number of hydrogen-bond acceptors (Lipinski definition) is 13. The van der Waals surface area contributed by atoms with E-state index in [1.807, 2.05) is 16.9 Å². The molecule has 4 aliphatic rings. The molecule has 2 saturated heterocycles. The van der Waals surface area contributed by atoms with Crippen molar-refractivity contribution in [3.63, 3.8) is 0 Å². The number of para-hydroxylation sites is 2. The molecule has 1 spiro atoms. The summed E-state index contributed by atoms with van der Waals surface area (Å²) < 4.78 is 123. The van der Waals surface area contributed by atoms with Crippen LogP contribution in [-0.4, -0.2) is 122 Å². The molecule has 19 nitrogen and oxygen atoms in total. The lowest BCUT2D eigenvalue weighted by molar-refractivity contribution is -0.190. The number of piperidine rings is 2. The molecule has 86 heavy (non-hydrogen) atoms. The smallest absolute Gasteiger partial charge is 0.337 e. The first-order valence-corrected chi connectivity index (χ1v) is 30.7. The van der Waals surface area contributed by atoms with Gasteiger partial charge in [0.05, 0.1) is 70.1 Å². The van der Waals surface area contributed by atoms with E-state index in [2.05, 4.69) is 44.0 Å². The van der Waals surface area contributed by atoms with Gasteiger partial charge >= 0.3 is 17.9 Å². The van der Waals surface area contributed by atoms with Crippen LogP contribution < -0.4 is 20.9 Å². The molecule has 456 valence electrons. The molecule has 2 aliphatic heterocycles. The van der Waals surface area contributed by atoms with Gasteiger partial charge in [0.1, 0.15) is 34.9 Å². The zero-order valence-electron chi connectivity index (χ0n) is 47.1. The number of esters is 1. The van der Waals surface area contributed by atoms with Gasteiger partial charge in [0.25, 0.3) is 5.91 Å². The van der Waals surface area contributed by atoms with Gasteiger partial charge in [-0.25, -0.2) is 58.2 Å². The lowest BCUT2D eigenvalue weighted by atomic mass is 9.53. The maximum atomic E-state index is 14.7. The van der Waals surface area contributed by atoms with Gasteiger partial charge in [0.2, 0.25) is 20.0 Å². The number of nitrogens with two attached hydrogens (primary N) is 2. The average Bonchev–Trinajstić information content (AvgIpc) is 1.43. The van der Waals surface area contributed by atoms with Crippen molar-refractivity contribution in [1.29, 1.82) is 0 Å². The number of aromatic carboxylic acids is 2. The van der Waals surface area contributed by atoms with Crippen LogP contribution in [0.2, 0.25) is 0 Å². The van der Waals surface area contributed by atoms with E-state index in [9.17, 15) is 58.0 Å². The predicted octanol–water partition coefficient (Wildman–Crippen LogP) is 9.62. The number of sulfonamides is 2. The number of nitrogens with zero attached hydrogens (tertiary/aromatic N) is 4. The van der Waals surface area contributed by atoms with Crippen molar-refractivity contribution in [3.05, 3.63) is 184 Å². The van der Waals surface area contributed by atoms with Crippen LogP contribution in [0.5, 0.6) is 0 Å². The summed E-state index contributed by atoms with van der Waals surface area (Å²) in [6.07, 6.45) is 8.85. The van der Waals surface area contributed by atoms with Gasteiger partial charge in [-0.05, 0) is 166 Å². The molecule has 0 bridgehead atoms. The Bertz CT molecular complexity index is 3980. The number of nitrogens with one attached hydrogen (secondary N) is 2. The van der Waals surface area contributed by atoms with Crippen molar-refractivity contribution >= 4 is 77.6 Å². The number of benzene rings is 6. The molecule has 6 aromatic carbocycles. The van der Waals surface area contributed by atoms with E-state index in [1.54, 1.807) is 17.0 Å². The van der Waals surface area contributed by atoms with E-state index >= 15 is 0 Å². The molecular weight excluding hydrogens is 1170 g/mol. The number of imidazole rings is 1. The maximum Gasteiger partial charge on any atom is 0.337 e. The normalized spacial score (nSPS) is 19.2. The Balaban J connectivity index is 0.000000203. The number of nitrogen functional groups attached to an aromatic ring is 2. The second kappa shape index (κ2) is 25.5. The number of carbonyl (C=O) groups excluding carboxylic acids is 2. The number of ether oxygens (including phenoxy) is 1. The third kappa shape index (κ3) is 14.2. The van der Waals surface area contributed by atoms with Crippen LogP contribution in [0.4, 0.5) is 44.7 Å². The molecule has 4 atom stereocenters. The van der Waals surface area contributed by atoms with Crippen molar-refractivity contribution in [3.8, 4) is 0 Å². The summed E-state index contributed by atoms with van der Waals surface area (Å²) in [5.41, 5.74) is 13.2. The molecule has 7 aromatic rings. The molecule has 1 amide bonds. The second-order valence-corrected chi connectivity index (χ2v) is 25.2. The van der Waals surface area contributed by atoms with Gasteiger partial charge in [0, 0.05) is 42.2 Å². The number of carboxylic acid groups (broad SMARTS) is 2. The first kappa shape index (κ1) is 63.4. The zero-order valence-corrected chi connectivity index (χ0v) is 48.7. The Labute approximate surface area is 492 Å². The van der Waals surface area contributed by atoms with Crippen LogP contribution in [0.3, 0.4) is 0 Å². The Morgan fingerprint density at radius 2 is 1.21 bits per heavy atom. The predicted molar refractivity (Wildman–Crippen MR) is 313 cm³/mol. The van der Waals surface area contributed by atoms with Crippen LogP contribution in [0.1, 0.15) is 104 Å². The first-order chi connectivity index (χ1) is 40.5. The van der Waals surface area contributed by atoms with E-state index in [1.165, 1.54) is 74.4 Å². The van der Waals surface area contributed by atoms with Gasteiger partial charge in [-0.15, -0.1) is 0 Å². The maximum absolute atomic E-state index is 14.7. The third-order valence-corrected chi connectivity index (χ3v) is 17.4. The fourth-order valence-corrected chi connectivity index (χ4v) is 13.2. The molecule has 11 rings (SSSR count). The van der Waals surface area contributed by atoms with Crippen LogP contribution in [0, 0.1) is 41.4 Å². The lowest BCUT2D eigenvalue weighted by Crippen LogP contribution is -2.74. The van der Waals surface area contributed by atoms with Gasteiger partial charge in [-0.3, -0.25) is 19.1 Å². The Morgan fingerprint density at radius 1 is 0.674 bits per heavy atom. The van der Waals surface area contributed by atoms with Crippen LogP contribution in [-0.2, 0) is 30.2 Å². The highest BCUT2D eigenvalue weighted by molar-refractivity contribution is 7.92. The molecule has 4 unspecified atom stereocenters. The molecule has 8 N–H and O–H groups in total.